The largest absolute Gasteiger partial charge is 0.489 e. The second-order valence-corrected chi connectivity index (χ2v) is 5.98. The van der Waals surface area contributed by atoms with Crippen LogP contribution in [0.4, 0.5) is 0 Å². The third-order valence-corrected chi connectivity index (χ3v) is 3.93. The predicted molar refractivity (Wildman–Crippen MR) is 95.5 cm³/mol. The van der Waals surface area contributed by atoms with E-state index in [2.05, 4.69) is 59.7 Å². The van der Waals surface area contributed by atoms with Crippen molar-refractivity contribution in [3.63, 3.8) is 0 Å². The zero-order valence-electron chi connectivity index (χ0n) is 14.0. The van der Waals surface area contributed by atoms with Crippen molar-refractivity contribution in [1.82, 2.24) is 4.98 Å². The lowest BCUT2D eigenvalue weighted by molar-refractivity contribution is -0.686. The Morgan fingerprint density at radius 1 is 0.833 bits per heavy atom. The molecule has 0 fully saturated rings. The van der Waals surface area contributed by atoms with Crippen molar-refractivity contribution >= 4 is 0 Å². The maximum Gasteiger partial charge on any atom is 0.119 e. The van der Waals surface area contributed by atoms with E-state index < -0.39 is 0 Å². The van der Waals surface area contributed by atoms with Crippen molar-refractivity contribution in [2.45, 2.75) is 26.6 Å². The zero-order chi connectivity index (χ0) is 16.6. The number of nitrogens with two attached hydrogens (primary N) is 1. The van der Waals surface area contributed by atoms with Gasteiger partial charge in [-0.05, 0) is 42.8 Å². The van der Waals surface area contributed by atoms with Crippen LogP contribution in [0.25, 0.3) is 0 Å². The molecule has 3 aromatic rings. The van der Waals surface area contributed by atoms with Crippen molar-refractivity contribution in [1.29, 1.82) is 0 Å². The summed E-state index contributed by atoms with van der Waals surface area (Å²) in [6.45, 7) is 4.59. The molecule has 0 aliphatic carbocycles. The highest BCUT2D eigenvalue weighted by atomic mass is 16.5. The van der Waals surface area contributed by atoms with Crippen molar-refractivity contribution in [2.24, 2.45) is 0 Å². The Labute approximate surface area is 143 Å². The second-order valence-electron chi connectivity index (χ2n) is 5.98. The molecule has 0 radical (unpaired) electrons. The monoisotopic (exact) mass is 319 g/mol. The van der Waals surface area contributed by atoms with Gasteiger partial charge in [0.15, 0.2) is 0 Å². The smallest absolute Gasteiger partial charge is 0.119 e. The van der Waals surface area contributed by atoms with Gasteiger partial charge in [-0.15, -0.1) is 0 Å². The van der Waals surface area contributed by atoms with Gasteiger partial charge in [0, 0.05) is 23.5 Å². The van der Waals surface area contributed by atoms with Gasteiger partial charge in [0.05, 0.1) is 0 Å². The van der Waals surface area contributed by atoms with Crippen LogP contribution in [0, 0.1) is 6.92 Å². The van der Waals surface area contributed by atoms with Gasteiger partial charge in [-0.1, -0.05) is 35.9 Å². The van der Waals surface area contributed by atoms with Crippen LogP contribution in [-0.2, 0) is 19.7 Å². The molecule has 1 aromatic heterocycles. The first-order chi connectivity index (χ1) is 11.8. The predicted octanol–water partition coefficient (Wildman–Crippen LogP) is 3.23. The average Bonchev–Trinajstić information content (AvgIpc) is 2.63. The number of quaternary nitrogens is 1. The van der Waals surface area contributed by atoms with Crippen LogP contribution in [0.1, 0.15) is 22.3 Å². The van der Waals surface area contributed by atoms with E-state index >= 15 is 0 Å². The van der Waals surface area contributed by atoms with Crippen molar-refractivity contribution in [3.05, 3.63) is 95.3 Å². The minimum Gasteiger partial charge on any atom is -0.489 e. The summed E-state index contributed by atoms with van der Waals surface area (Å²) in [6, 6.07) is 20.9. The van der Waals surface area contributed by atoms with Crippen LogP contribution in [0.2, 0.25) is 0 Å². The molecule has 0 atom stereocenters. The minimum absolute atomic E-state index is 0.604. The molecule has 3 nitrogen and oxygen atoms in total. The molecule has 2 aromatic carbocycles. The fraction of sp³-hybridized carbons (Fsp3) is 0.190. The number of rotatable bonds is 7. The molecule has 3 rings (SSSR count). The molecule has 1 heterocycles. The van der Waals surface area contributed by atoms with E-state index in [0.29, 0.717) is 6.61 Å². The molecule has 0 bridgehead atoms. The van der Waals surface area contributed by atoms with Gasteiger partial charge in [-0.3, -0.25) is 4.98 Å². The molecular formula is C21H23N2O+. The lowest BCUT2D eigenvalue weighted by atomic mass is 10.2. The Kier molecular flexibility index (Phi) is 5.59. The molecule has 0 saturated heterocycles. The minimum atomic E-state index is 0.604. The summed E-state index contributed by atoms with van der Waals surface area (Å²) in [5, 5.41) is 2.28. The quantitative estimate of drug-likeness (QED) is 0.726. The summed E-state index contributed by atoms with van der Waals surface area (Å²) in [7, 11) is 0. The van der Waals surface area contributed by atoms with Crippen molar-refractivity contribution < 1.29 is 10.1 Å². The summed E-state index contributed by atoms with van der Waals surface area (Å²) in [5.74, 6) is 0.909. The zero-order valence-corrected chi connectivity index (χ0v) is 14.0. The second kappa shape index (κ2) is 8.27. The molecule has 0 aliphatic rings. The summed E-state index contributed by atoms with van der Waals surface area (Å²) in [6.07, 6.45) is 3.72. The molecule has 0 amide bonds. The van der Waals surface area contributed by atoms with E-state index in [1.165, 1.54) is 22.3 Å². The van der Waals surface area contributed by atoms with Crippen LogP contribution >= 0.6 is 0 Å². The van der Waals surface area contributed by atoms with Gasteiger partial charge >= 0.3 is 0 Å². The Bertz CT molecular complexity index is 737. The third kappa shape index (κ3) is 4.93. The highest BCUT2D eigenvalue weighted by Crippen LogP contribution is 2.14. The highest BCUT2D eigenvalue weighted by Gasteiger charge is 2.00. The molecule has 3 heteroatoms. The topological polar surface area (TPSA) is 38.7 Å². The summed E-state index contributed by atoms with van der Waals surface area (Å²) in [5.41, 5.74) is 5.00. The number of aromatic nitrogens is 1. The number of nitrogens with zero attached hydrogens (tertiary/aromatic N) is 1. The molecule has 24 heavy (non-hydrogen) atoms. The standard InChI is InChI=1S/C21H22N2O/c1-17-4-6-19(7-5-17)16-24-21-10-8-18(9-11-21)13-23-15-20-3-2-12-22-14-20/h2-12,14,23H,13,15-16H2,1H3/p+1. The van der Waals surface area contributed by atoms with Gasteiger partial charge in [0.1, 0.15) is 25.4 Å². The van der Waals surface area contributed by atoms with Crippen LogP contribution in [0.5, 0.6) is 5.75 Å². The van der Waals surface area contributed by atoms with E-state index in [1.807, 2.05) is 24.4 Å². The normalized spacial score (nSPS) is 10.5. The van der Waals surface area contributed by atoms with Gasteiger partial charge in [0.2, 0.25) is 0 Å². The highest BCUT2D eigenvalue weighted by molar-refractivity contribution is 5.27. The number of ether oxygens (including phenoxy) is 1. The van der Waals surface area contributed by atoms with Crippen molar-refractivity contribution in [2.75, 3.05) is 0 Å². The van der Waals surface area contributed by atoms with Crippen LogP contribution < -0.4 is 10.1 Å². The van der Waals surface area contributed by atoms with Gasteiger partial charge in [-0.25, -0.2) is 0 Å². The summed E-state index contributed by atoms with van der Waals surface area (Å²) >= 11 is 0. The van der Waals surface area contributed by atoms with E-state index in [1.54, 1.807) is 6.20 Å². The average molecular weight is 319 g/mol. The van der Waals surface area contributed by atoms with Crippen LogP contribution in [0.15, 0.2) is 73.1 Å². The number of benzene rings is 2. The number of hydrogen-bond acceptors (Lipinski definition) is 2. The maximum absolute atomic E-state index is 5.84. The van der Waals surface area contributed by atoms with Crippen LogP contribution in [0.3, 0.4) is 0 Å². The fourth-order valence-electron chi connectivity index (χ4n) is 2.50. The number of hydrogen-bond donors (Lipinski definition) is 1. The van der Waals surface area contributed by atoms with Crippen molar-refractivity contribution in [3.8, 4) is 5.75 Å². The van der Waals surface area contributed by atoms with Crippen LogP contribution in [-0.4, -0.2) is 4.98 Å². The molecule has 122 valence electrons. The first kappa shape index (κ1) is 16.2. The fourth-order valence-corrected chi connectivity index (χ4v) is 2.50. The van der Waals surface area contributed by atoms with E-state index in [-0.39, 0.29) is 0 Å². The Hall–Kier alpha value is -2.65. The SMILES string of the molecule is Cc1ccc(COc2ccc(C[NH2+]Cc3cccnc3)cc2)cc1. The lowest BCUT2D eigenvalue weighted by Crippen LogP contribution is -2.80. The molecule has 0 aliphatic heterocycles. The van der Waals surface area contributed by atoms with Gasteiger partial charge < -0.3 is 10.1 Å². The van der Waals surface area contributed by atoms with E-state index in [0.717, 1.165) is 18.8 Å². The first-order valence-electron chi connectivity index (χ1n) is 8.27. The number of aryl methyl sites for hydroxylation is 1. The van der Waals surface area contributed by atoms with E-state index in [9.17, 15) is 0 Å². The first-order valence-corrected chi connectivity index (χ1v) is 8.27. The summed E-state index contributed by atoms with van der Waals surface area (Å²) < 4.78 is 5.84. The molecule has 0 saturated carbocycles. The molecule has 2 N–H and O–H groups in total. The van der Waals surface area contributed by atoms with Gasteiger partial charge in [-0.2, -0.15) is 0 Å². The summed E-state index contributed by atoms with van der Waals surface area (Å²) in [4.78, 5) is 4.14. The Morgan fingerprint density at radius 2 is 1.54 bits per heavy atom. The Balaban J connectivity index is 1.45. The van der Waals surface area contributed by atoms with E-state index in [4.69, 9.17) is 4.74 Å². The maximum atomic E-state index is 5.84. The molecule has 0 unspecified atom stereocenters. The molecular weight excluding hydrogens is 296 g/mol. The molecule has 0 spiro atoms. The Morgan fingerprint density at radius 3 is 2.25 bits per heavy atom. The van der Waals surface area contributed by atoms with Gasteiger partial charge in [0.25, 0.3) is 0 Å². The third-order valence-electron chi connectivity index (χ3n) is 3.93. The number of pyridine rings is 1. The lowest BCUT2D eigenvalue weighted by Gasteiger charge is -2.07.